The zero-order valence-corrected chi connectivity index (χ0v) is 19.0. The van der Waals surface area contributed by atoms with Crippen molar-refractivity contribution in [1.82, 2.24) is 20.1 Å². The number of fused-ring (bicyclic) bond motifs is 1. The molecule has 1 fully saturated rings. The lowest BCUT2D eigenvalue weighted by Gasteiger charge is -2.33. The molecule has 7 heteroatoms. The Morgan fingerprint density at radius 1 is 1.09 bits per heavy atom. The van der Waals surface area contributed by atoms with Crippen molar-refractivity contribution < 1.29 is 13.9 Å². The van der Waals surface area contributed by atoms with Crippen molar-refractivity contribution in [2.45, 2.75) is 19.8 Å². The summed E-state index contributed by atoms with van der Waals surface area (Å²) in [6, 6.07) is 13.3. The number of amides is 1. The molecule has 0 bridgehead atoms. The number of hydrogen-bond donors (Lipinski definition) is 1. The average molecular weight is 437 g/mol. The molecule has 7 nitrogen and oxygen atoms in total. The minimum atomic E-state index is -0.0733. The van der Waals surface area contributed by atoms with Crippen LogP contribution in [0.5, 0.6) is 5.75 Å². The Kier molecular flexibility index (Phi) is 7.39. The Morgan fingerprint density at radius 3 is 2.56 bits per heavy atom. The summed E-state index contributed by atoms with van der Waals surface area (Å²) in [5, 5.41) is 3.03. The molecule has 3 aromatic rings. The van der Waals surface area contributed by atoms with Crippen molar-refractivity contribution in [3.63, 3.8) is 0 Å². The molecule has 0 saturated carbocycles. The van der Waals surface area contributed by atoms with Crippen LogP contribution in [-0.2, 0) is 6.42 Å². The lowest BCUT2D eigenvalue weighted by Crippen LogP contribution is -2.46. The van der Waals surface area contributed by atoms with Crippen molar-refractivity contribution in [1.29, 1.82) is 0 Å². The van der Waals surface area contributed by atoms with E-state index in [-0.39, 0.29) is 5.91 Å². The van der Waals surface area contributed by atoms with Gasteiger partial charge in [-0.25, -0.2) is 4.98 Å². The summed E-state index contributed by atoms with van der Waals surface area (Å²) < 4.78 is 11.1. The van der Waals surface area contributed by atoms with E-state index in [9.17, 15) is 4.79 Å². The number of piperazine rings is 1. The van der Waals surface area contributed by atoms with Gasteiger partial charge in [-0.1, -0.05) is 19.1 Å². The second kappa shape index (κ2) is 10.6. The van der Waals surface area contributed by atoms with Gasteiger partial charge in [-0.15, -0.1) is 0 Å². The molecule has 0 radical (unpaired) electrons. The molecule has 32 heavy (non-hydrogen) atoms. The molecule has 1 amide bonds. The minimum absolute atomic E-state index is 0.0733. The van der Waals surface area contributed by atoms with Gasteiger partial charge in [0.05, 0.1) is 7.11 Å². The molecule has 1 saturated heterocycles. The fraction of sp³-hybridized carbons (Fsp3) is 0.440. The molecule has 0 atom stereocenters. The lowest BCUT2D eigenvalue weighted by atomic mass is 10.1. The van der Waals surface area contributed by atoms with Gasteiger partial charge in [0.25, 0.3) is 5.91 Å². The highest BCUT2D eigenvalue weighted by atomic mass is 16.5. The van der Waals surface area contributed by atoms with Crippen molar-refractivity contribution in [2.24, 2.45) is 0 Å². The highest BCUT2D eigenvalue weighted by Crippen LogP contribution is 2.20. The first-order valence-corrected chi connectivity index (χ1v) is 11.4. The van der Waals surface area contributed by atoms with Gasteiger partial charge in [-0.3, -0.25) is 4.79 Å². The zero-order valence-electron chi connectivity index (χ0n) is 19.0. The number of carbonyl (C=O) groups is 1. The van der Waals surface area contributed by atoms with Crippen LogP contribution >= 0.6 is 0 Å². The first kappa shape index (κ1) is 22.3. The molecule has 1 aliphatic rings. The summed E-state index contributed by atoms with van der Waals surface area (Å²) in [5.41, 5.74) is 3.08. The Labute approximate surface area is 189 Å². The Bertz CT molecular complexity index is 1020. The van der Waals surface area contributed by atoms with Gasteiger partial charge in [0.15, 0.2) is 11.5 Å². The van der Waals surface area contributed by atoms with Gasteiger partial charge in [0.1, 0.15) is 11.3 Å². The van der Waals surface area contributed by atoms with Gasteiger partial charge in [0, 0.05) is 44.7 Å². The molecule has 1 aromatic heterocycles. The maximum Gasteiger partial charge on any atom is 0.251 e. The van der Waals surface area contributed by atoms with Crippen LogP contribution in [0.3, 0.4) is 0 Å². The molecule has 1 N–H and O–H groups in total. The number of ether oxygens (including phenoxy) is 1. The highest BCUT2D eigenvalue weighted by Gasteiger charge is 2.15. The SMILES string of the molecule is CCN1CCN(CCCNC(=O)c2ccc3nc(Cc4ccc(OC)cc4)oc3c2)CC1. The van der Waals surface area contributed by atoms with E-state index in [2.05, 4.69) is 27.0 Å². The van der Waals surface area contributed by atoms with Crippen molar-refractivity contribution >= 4 is 17.0 Å². The quantitative estimate of drug-likeness (QED) is 0.520. The van der Waals surface area contributed by atoms with E-state index < -0.39 is 0 Å². The van der Waals surface area contributed by atoms with Crippen LogP contribution in [0, 0.1) is 0 Å². The molecule has 1 aliphatic heterocycles. The summed E-state index contributed by atoms with van der Waals surface area (Å²) in [5.74, 6) is 1.38. The summed E-state index contributed by atoms with van der Waals surface area (Å²) >= 11 is 0. The predicted octanol–water partition coefficient (Wildman–Crippen LogP) is 3.18. The number of nitrogens with one attached hydrogen (secondary N) is 1. The minimum Gasteiger partial charge on any atom is -0.497 e. The van der Waals surface area contributed by atoms with Crippen LogP contribution in [0.4, 0.5) is 0 Å². The first-order valence-electron chi connectivity index (χ1n) is 11.4. The standard InChI is InChI=1S/C25H32N4O3/c1-3-28-13-15-29(16-14-28)12-4-11-26-25(30)20-7-10-22-23(18-20)32-24(27-22)17-19-5-8-21(31-2)9-6-19/h5-10,18H,3-4,11-17H2,1-2H3,(H,26,30). The average Bonchev–Trinajstić information content (AvgIpc) is 3.24. The van der Waals surface area contributed by atoms with Gasteiger partial charge in [0.2, 0.25) is 0 Å². The van der Waals surface area contributed by atoms with E-state index in [0.717, 1.165) is 62.5 Å². The fourth-order valence-corrected chi connectivity index (χ4v) is 4.04. The normalized spacial score (nSPS) is 15.2. The number of hydrogen-bond acceptors (Lipinski definition) is 6. The topological polar surface area (TPSA) is 70.8 Å². The van der Waals surface area contributed by atoms with E-state index in [1.54, 1.807) is 19.2 Å². The number of aromatic nitrogens is 1. The number of rotatable bonds is 9. The number of oxazole rings is 1. The predicted molar refractivity (Wildman–Crippen MR) is 125 cm³/mol. The van der Waals surface area contributed by atoms with Crippen LogP contribution in [0.2, 0.25) is 0 Å². The molecule has 170 valence electrons. The maximum absolute atomic E-state index is 12.6. The number of carbonyl (C=O) groups excluding carboxylic acids is 1. The third kappa shape index (κ3) is 5.66. The van der Waals surface area contributed by atoms with E-state index >= 15 is 0 Å². The van der Waals surface area contributed by atoms with Crippen molar-refractivity contribution in [2.75, 3.05) is 52.9 Å². The van der Waals surface area contributed by atoms with E-state index in [0.29, 0.717) is 30.0 Å². The van der Waals surface area contributed by atoms with Crippen LogP contribution in [0.15, 0.2) is 46.9 Å². The largest absolute Gasteiger partial charge is 0.497 e. The van der Waals surface area contributed by atoms with E-state index in [4.69, 9.17) is 9.15 Å². The number of likely N-dealkylation sites (N-methyl/N-ethyl adjacent to an activating group) is 1. The van der Waals surface area contributed by atoms with Gasteiger partial charge < -0.3 is 24.3 Å². The molecule has 0 unspecified atom stereocenters. The third-order valence-electron chi connectivity index (χ3n) is 6.06. The van der Waals surface area contributed by atoms with Crippen LogP contribution in [-0.4, -0.2) is 73.6 Å². The van der Waals surface area contributed by atoms with E-state index in [1.807, 2.05) is 30.3 Å². The summed E-state index contributed by atoms with van der Waals surface area (Å²) in [6.07, 6.45) is 1.54. The maximum atomic E-state index is 12.6. The number of methoxy groups -OCH3 is 1. The van der Waals surface area contributed by atoms with Crippen molar-refractivity contribution in [3.05, 3.63) is 59.5 Å². The molecular formula is C25H32N4O3. The van der Waals surface area contributed by atoms with Crippen LogP contribution in [0.25, 0.3) is 11.1 Å². The molecule has 0 spiro atoms. The summed E-state index contributed by atoms with van der Waals surface area (Å²) in [7, 11) is 1.65. The van der Waals surface area contributed by atoms with Crippen LogP contribution < -0.4 is 10.1 Å². The van der Waals surface area contributed by atoms with Gasteiger partial charge in [-0.05, 0) is 55.4 Å². The number of benzene rings is 2. The van der Waals surface area contributed by atoms with E-state index in [1.165, 1.54) is 0 Å². The lowest BCUT2D eigenvalue weighted by molar-refractivity contribution is 0.0948. The monoisotopic (exact) mass is 436 g/mol. The third-order valence-corrected chi connectivity index (χ3v) is 6.06. The summed E-state index contributed by atoms with van der Waals surface area (Å²) in [4.78, 5) is 22.1. The number of nitrogens with zero attached hydrogens (tertiary/aromatic N) is 3. The Hall–Kier alpha value is -2.90. The second-order valence-electron chi connectivity index (χ2n) is 8.20. The fourth-order valence-electron chi connectivity index (χ4n) is 4.04. The molecule has 4 rings (SSSR count). The molecular weight excluding hydrogens is 404 g/mol. The van der Waals surface area contributed by atoms with Gasteiger partial charge in [-0.2, -0.15) is 0 Å². The molecule has 2 heterocycles. The smallest absolute Gasteiger partial charge is 0.251 e. The summed E-state index contributed by atoms with van der Waals surface area (Å²) in [6.45, 7) is 9.54. The Balaban J connectivity index is 1.27. The first-order chi connectivity index (χ1) is 15.6. The molecule has 0 aliphatic carbocycles. The molecule has 2 aromatic carbocycles. The Morgan fingerprint density at radius 2 is 1.84 bits per heavy atom. The zero-order chi connectivity index (χ0) is 22.3. The highest BCUT2D eigenvalue weighted by molar-refractivity contribution is 5.97. The van der Waals surface area contributed by atoms with Crippen molar-refractivity contribution in [3.8, 4) is 5.75 Å². The van der Waals surface area contributed by atoms with Gasteiger partial charge >= 0.3 is 0 Å². The second-order valence-corrected chi connectivity index (χ2v) is 8.20. The van der Waals surface area contributed by atoms with Crippen LogP contribution in [0.1, 0.15) is 35.2 Å².